The van der Waals surface area contributed by atoms with Crippen LogP contribution in [-0.2, 0) is 0 Å². The molecule has 0 unspecified atom stereocenters. The second-order valence-electron chi connectivity index (χ2n) is 3.66. The lowest BCUT2D eigenvalue weighted by molar-refractivity contribution is 0.766. The lowest BCUT2D eigenvalue weighted by atomic mass is 10.3. The van der Waals surface area contributed by atoms with Crippen LogP contribution < -0.4 is 0 Å². The second-order valence-corrected chi connectivity index (χ2v) is 4.91. The van der Waals surface area contributed by atoms with Crippen LogP contribution in [0, 0.1) is 6.07 Å². The molecule has 0 spiro atoms. The molecule has 3 aromatic rings. The Morgan fingerprint density at radius 3 is 2.28 bits per heavy atom. The molecular weight excluding hydrogens is 293 g/mol. The molecule has 2 aromatic carbocycles. The third-order valence-corrected chi connectivity index (χ3v) is 3.00. The van der Waals surface area contributed by atoms with Gasteiger partial charge in [0.25, 0.3) is 0 Å². The molecule has 1 aromatic heterocycles. The normalized spacial score (nSPS) is 11.1. The molecule has 1 heterocycles. The van der Waals surface area contributed by atoms with E-state index in [9.17, 15) is 0 Å². The first-order valence-corrected chi connectivity index (χ1v) is 6.16. The summed E-state index contributed by atoms with van der Waals surface area (Å²) in [4.78, 5) is 1.46. The van der Waals surface area contributed by atoms with Crippen molar-refractivity contribution in [3.8, 4) is 5.69 Å². The first-order valence-electron chi connectivity index (χ1n) is 5.03. The van der Waals surface area contributed by atoms with Crippen LogP contribution in [0.3, 0.4) is 0 Å². The van der Waals surface area contributed by atoms with Crippen LogP contribution >= 0.6 is 34.8 Å². The standard InChI is InChI=1S/C12H5Cl3N3/c13-7-1-2-11-12(6-7)17-18(16-11)10-4-8(14)3-9(15)5-10/h1-2,4-6H. The van der Waals surface area contributed by atoms with Gasteiger partial charge in [0.15, 0.2) is 0 Å². The van der Waals surface area contributed by atoms with Crippen molar-refractivity contribution < 1.29 is 0 Å². The third kappa shape index (κ3) is 2.17. The van der Waals surface area contributed by atoms with Crippen molar-refractivity contribution in [1.82, 2.24) is 15.0 Å². The van der Waals surface area contributed by atoms with Gasteiger partial charge in [-0.25, -0.2) is 0 Å². The molecule has 3 nitrogen and oxygen atoms in total. The van der Waals surface area contributed by atoms with Crippen molar-refractivity contribution in [2.75, 3.05) is 0 Å². The second kappa shape index (κ2) is 4.43. The van der Waals surface area contributed by atoms with Crippen LogP contribution in [0.1, 0.15) is 0 Å². The minimum Gasteiger partial charge on any atom is -0.150 e. The van der Waals surface area contributed by atoms with E-state index in [0.29, 0.717) is 26.3 Å². The zero-order chi connectivity index (χ0) is 12.7. The maximum absolute atomic E-state index is 5.90. The van der Waals surface area contributed by atoms with Gasteiger partial charge < -0.3 is 0 Å². The lowest BCUT2D eigenvalue weighted by Gasteiger charge is -2.00. The van der Waals surface area contributed by atoms with Crippen LogP contribution in [0.15, 0.2) is 30.3 Å². The molecule has 0 atom stereocenters. The minimum absolute atomic E-state index is 0.414. The Morgan fingerprint density at radius 1 is 0.889 bits per heavy atom. The first kappa shape index (κ1) is 11.8. The number of fused-ring (bicyclic) bond motifs is 1. The van der Waals surface area contributed by atoms with Gasteiger partial charge in [0, 0.05) is 11.1 Å². The quantitative estimate of drug-likeness (QED) is 0.674. The molecule has 0 saturated heterocycles. The number of hydrogen-bond donors (Lipinski definition) is 0. The number of benzene rings is 2. The largest absolute Gasteiger partial charge is 0.150 e. The van der Waals surface area contributed by atoms with Gasteiger partial charge in [-0.3, -0.25) is 0 Å². The Kier molecular flexibility index (Phi) is 2.90. The third-order valence-electron chi connectivity index (χ3n) is 2.36. The fourth-order valence-electron chi connectivity index (χ4n) is 1.61. The Hall–Kier alpha value is -1.29. The topological polar surface area (TPSA) is 30.7 Å². The predicted octanol–water partition coefficient (Wildman–Crippen LogP) is 4.18. The maximum atomic E-state index is 5.90. The van der Waals surface area contributed by atoms with Gasteiger partial charge in [-0.1, -0.05) is 34.8 Å². The van der Waals surface area contributed by atoms with Crippen molar-refractivity contribution >= 4 is 45.8 Å². The molecule has 6 heteroatoms. The summed E-state index contributed by atoms with van der Waals surface area (Å²) in [7, 11) is 0. The molecule has 0 aliphatic heterocycles. The molecule has 0 amide bonds. The van der Waals surface area contributed by atoms with Crippen molar-refractivity contribution in [2.45, 2.75) is 0 Å². The summed E-state index contributed by atoms with van der Waals surface area (Å²) < 4.78 is 0. The van der Waals surface area contributed by atoms with E-state index in [-0.39, 0.29) is 0 Å². The van der Waals surface area contributed by atoms with Gasteiger partial charge in [0.1, 0.15) is 11.0 Å². The number of rotatable bonds is 1. The molecule has 3 rings (SSSR count). The van der Waals surface area contributed by atoms with E-state index in [4.69, 9.17) is 34.8 Å². The Bertz CT molecular complexity index is 716. The van der Waals surface area contributed by atoms with Gasteiger partial charge in [-0.15, -0.1) is 10.2 Å². The van der Waals surface area contributed by atoms with Crippen molar-refractivity contribution in [2.24, 2.45) is 0 Å². The SMILES string of the molecule is Clc1[c]c(Cl)cc(-n2nc3ccc(Cl)cc3n2)c1. The molecule has 0 N–H and O–H groups in total. The number of halogens is 3. The Balaban J connectivity index is 2.19. The molecular formula is C12H5Cl3N3. The monoisotopic (exact) mass is 296 g/mol. The summed E-state index contributed by atoms with van der Waals surface area (Å²) in [6.45, 7) is 0. The van der Waals surface area contributed by atoms with Gasteiger partial charge in [-0.2, -0.15) is 4.80 Å². The lowest BCUT2D eigenvalue weighted by Crippen LogP contribution is -1.98. The van der Waals surface area contributed by atoms with Gasteiger partial charge >= 0.3 is 0 Å². The van der Waals surface area contributed by atoms with E-state index in [1.54, 1.807) is 30.3 Å². The summed E-state index contributed by atoms with van der Waals surface area (Å²) in [5.74, 6) is 0. The summed E-state index contributed by atoms with van der Waals surface area (Å²) >= 11 is 17.7. The first-order chi connectivity index (χ1) is 8.61. The summed E-state index contributed by atoms with van der Waals surface area (Å²) in [5.41, 5.74) is 2.14. The summed E-state index contributed by atoms with van der Waals surface area (Å²) in [6, 6.07) is 11.5. The molecule has 0 aliphatic rings. The average Bonchev–Trinajstić information content (AvgIpc) is 2.70. The highest BCUT2D eigenvalue weighted by molar-refractivity contribution is 6.34. The molecule has 1 radical (unpaired) electrons. The average molecular weight is 298 g/mol. The summed E-state index contributed by atoms with van der Waals surface area (Å²) in [6.07, 6.45) is 0. The highest BCUT2D eigenvalue weighted by Crippen LogP contribution is 2.22. The fourth-order valence-corrected chi connectivity index (χ4v) is 2.25. The number of aromatic nitrogens is 3. The molecule has 18 heavy (non-hydrogen) atoms. The van der Waals surface area contributed by atoms with E-state index < -0.39 is 0 Å². The van der Waals surface area contributed by atoms with Crippen molar-refractivity contribution in [3.63, 3.8) is 0 Å². The zero-order valence-electron chi connectivity index (χ0n) is 8.86. The Labute approximate surface area is 118 Å². The van der Waals surface area contributed by atoms with Crippen molar-refractivity contribution in [3.05, 3.63) is 51.5 Å². The van der Waals surface area contributed by atoms with Crippen molar-refractivity contribution in [1.29, 1.82) is 0 Å². The van der Waals surface area contributed by atoms with Crippen LogP contribution in [0.5, 0.6) is 0 Å². The predicted molar refractivity (Wildman–Crippen MR) is 72.7 cm³/mol. The molecule has 0 saturated carbocycles. The summed E-state index contributed by atoms with van der Waals surface area (Å²) in [5, 5.41) is 10.1. The van der Waals surface area contributed by atoms with E-state index in [2.05, 4.69) is 16.3 Å². The van der Waals surface area contributed by atoms with Gasteiger partial charge in [0.05, 0.1) is 15.7 Å². The molecule has 0 fully saturated rings. The smallest absolute Gasteiger partial charge is 0.115 e. The number of nitrogens with zero attached hydrogens (tertiary/aromatic N) is 3. The van der Waals surface area contributed by atoms with E-state index in [0.717, 1.165) is 5.52 Å². The van der Waals surface area contributed by atoms with E-state index >= 15 is 0 Å². The minimum atomic E-state index is 0.414. The highest BCUT2D eigenvalue weighted by Gasteiger charge is 2.07. The van der Waals surface area contributed by atoms with Gasteiger partial charge in [0.2, 0.25) is 0 Å². The van der Waals surface area contributed by atoms with Gasteiger partial charge in [-0.05, 0) is 30.3 Å². The van der Waals surface area contributed by atoms with E-state index in [1.807, 2.05) is 0 Å². The zero-order valence-corrected chi connectivity index (χ0v) is 11.1. The van der Waals surface area contributed by atoms with Crippen LogP contribution in [0.4, 0.5) is 0 Å². The molecule has 0 bridgehead atoms. The Morgan fingerprint density at radius 2 is 1.56 bits per heavy atom. The van der Waals surface area contributed by atoms with Crippen LogP contribution in [-0.4, -0.2) is 15.0 Å². The fraction of sp³-hybridized carbons (Fsp3) is 0. The molecule has 0 aliphatic carbocycles. The highest BCUT2D eigenvalue weighted by atomic mass is 35.5. The molecule has 89 valence electrons. The number of hydrogen-bond acceptors (Lipinski definition) is 2. The van der Waals surface area contributed by atoms with Crippen LogP contribution in [0.2, 0.25) is 15.1 Å². The van der Waals surface area contributed by atoms with E-state index in [1.165, 1.54) is 4.80 Å². The van der Waals surface area contributed by atoms with Crippen LogP contribution in [0.25, 0.3) is 16.7 Å². The maximum Gasteiger partial charge on any atom is 0.115 e.